The average Bonchev–Trinajstić information content (AvgIpc) is 3.09. The molecule has 1 aliphatic carbocycles. The van der Waals surface area contributed by atoms with Gasteiger partial charge in [0, 0.05) is 38.6 Å². The fourth-order valence-corrected chi connectivity index (χ4v) is 7.01. The van der Waals surface area contributed by atoms with Gasteiger partial charge in [0.1, 0.15) is 5.69 Å². The number of hydrogen-bond acceptors (Lipinski definition) is 3. The number of rotatable bonds is 3. The molecule has 2 amide bonds. The summed E-state index contributed by atoms with van der Waals surface area (Å²) in [6.45, 7) is 3.49. The van der Waals surface area contributed by atoms with Crippen LogP contribution in [0, 0.1) is 24.7 Å². The average molecular weight is 413 g/mol. The Bertz CT molecular complexity index is 793. The Hall–Kier alpha value is -1.85. The lowest BCUT2D eigenvalue weighted by atomic mass is 9.69. The molecule has 30 heavy (non-hydrogen) atoms. The lowest BCUT2D eigenvalue weighted by Gasteiger charge is -2.57. The van der Waals surface area contributed by atoms with Gasteiger partial charge < -0.3 is 14.4 Å². The third kappa shape index (κ3) is 3.46. The molecule has 4 atom stereocenters. The summed E-state index contributed by atoms with van der Waals surface area (Å²) in [6, 6.07) is 0.657. The van der Waals surface area contributed by atoms with Gasteiger partial charge in [0.15, 0.2) is 0 Å². The number of amides is 2. The van der Waals surface area contributed by atoms with Gasteiger partial charge in [-0.3, -0.25) is 9.59 Å². The number of fused-ring (bicyclic) bond motifs is 4. The van der Waals surface area contributed by atoms with Crippen LogP contribution in [0.4, 0.5) is 0 Å². The van der Waals surface area contributed by atoms with Gasteiger partial charge in [-0.25, -0.2) is 4.98 Å². The highest BCUT2D eigenvalue weighted by Crippen LogP contribution is 2.44. The summed E-state index contributed by atoms with van der Waals surface area (Å²) < 4.78 is 1.86. The second-order valence-corrected chi connectivity index (χ2v) is 10.3. The number of piperidine rings is 3. The van der Waals surface area contributed by atoms with Gasteiger partial charge in [-0.1, -0.05) is 32.1 Å². The van der Waals surface area contributed by atoms with E-state index in [0.29, 0.717) is 36.2 Å². The van der Waals surface area contributed by atoms with Gasteiger partial charge in [0.25, 0.3) is 5.91 Å². The molecular weight excluding hydrogens is 376 g/mol. The number of imidazole rings is 1. The van der Waals surface area contributed by atoms with E-state index in [-0.39, 0.29) is 5.91 Å². The minimum Gasteiger partial charge on any atom is -0.337 e. The van der Waals surface area contributed by atoms with Crippen LogP contribution in [0.2, 0.25) is 0 Å². The summed E-state index contributed by atoms with van der Waals surface area (Å²) >= 11 is 0. The molecule has 2 bridgehead atoms. The van der Waals surface area contributed by atoms with Gasteiger partial charge in [-0.05, 0) is 50.4 Å². The van der Waals surface area contributed by atoms with E-state index in [9.17, 15) is 9.59 Å². The lowest BCUT2D eigenvalue weighted by Crippen LogP contribution is -2.65. The van der Waals surface area contributed by atoms with E-state index in [2.05, 4.69) is 14.8 Å². The number of carbonyl (C=O) groups is 2. The Morgan fingerprint density at radius 2 is 1.87 bits per heavy atom. The topological polar surface area (TPSA) is 58.4 Å². The van der Waals surface area contributed by atoms with Crippen molar-refractivity contribution in [1.82, 2.24) is 19.4 Å². The summed E-state index contributed by atoms with van der Waals surface area (Å²) in [5.41, 5.74) is 1.53. The van der Waals surface area contributed by atoms with Crippen molar-refractivity contribution in [3.05, 3.63) is 17.7 Å². The van der Waals surface area contributed by atoms with Crippen molar-refractivity contribution >= 4 is 11.8 Å². The Morgan fingerprint density at radius 3 is 2.60 bits per heavy atom. The van der Waals surface area contributed by atoms with Crippen molar-refractivity contribution in [2.24, 2.45) is 24.8 Å². The number of hydrogen-bond donors (Lipinski definition) is 0. The minimum absolute atomic E-state index is 0.120. The molecule has 0 unspecified atom stereocenters. The quantitative estimate of drug-likeness (QED) is 0.763. The maximum atomic E-state index is 13.4. The first-order valence-electron chi connectivity index (χ1n) is 12.1. The normalized spacial score (nSPS) is 32.3. The Morgan fingerprint density at radius 1 is 1.10 bits per heavy atom. The smallest absolute Gasteiger partial charge is 0.272 e. The van der Waals surface area contributed by atoms with Crippen LogP contribution in [0.25, 0.3) is 0 Å². The van der Waals surface area contributed by atoms with E-state index in [1.54, 1.807) is 6.33 Å². The zero-order valence-corrected chi connectivity index (χ0v) is 18.6. The number of aryl methyl sites for hydroxylation is 2. The van der Waals surface area contributed by atoms with E-state index in [1.807, 2.05) is 18.5 Å². The Balaban J connectivity index is 1.41. The molecule has 5 rings (SSSR count). The van der Waals surface area contributed by atoms with E-state index >= 15 is 0 Å². The SMILES string of the molecule is Cc1ncn(C)c1C(=O)N1C[C@H]2C[C@@H](C1)[C@H](CC1CCCCC1)N1C(=O)CCC[C@@H]21. The molecule has 0 spiro atoms. The molecule has 1 aromatic heterocycles. The van der Waals surface area contributed by atoms with Crippen LogP contribution in [0.5, 0.6) is 0 Å². The highest BCUT2D eigenvalue weighted by atomic mass is 16.2. The van der Waals surface area contributed by atoms with Crippen molar-refractivity contribution in [3.63, 3.8) is 0 Å². The Kier molecular flexibility index (Phi) is 5.36. The molecule has 4 heterocycles. The van der Waals surface area contributed by atoms with Gasteiger partial charge >= 0.3 is 0 Å². The van der Waals surface area contributed by atoms with Crippen LogP contribution in [0.1, 0.15) is 80.4 Å². The van der Waals surface area contributed by atoms with Crippen LogP contribution in [-0.2, 0) is 11.8 Å². The molecule has 0 aromatic carbocycles. The number of likely N-dealkylation sites (tertiary alicyclic amines) is 1. The monoisotopic (exact) mass is 412 g/mol. The standard InChI is InChI=1S/C24H36N4O2/c1-16-23(26(2)15-25-16)24(30)27-13-18-12-19(14-27)21(11-17-7-4-3-5-8-17)28-20(18)9-6-10-22(28)29/h15,17-21H,3-14H2,1-2H3/t18-,19+,20+,21+/m1/s1. The lowest BCUT2D eigenvalue weighted by molar-refractivity contribution is -0.153. The molecule has 4 fully saturated rings. The Labute approximate surface area is 180 Å². The predicted molar refractivity (Wildman–Crippen MR) is 115 cm³/mol. The molecule has 0 radical (unpaired) electrons. The molecule has 1 saturated carbocycles. The summed E-state index contributed by atoms with van der Waals surface area (Å²) in [5, 5.41) is 0. The van der Waals surface area contributed by atoms with Gasteiger partial charge in [-0.2, -0.15) is 0 Å². The molecule has 1 aromatic rings. The first-order valence-corrected chi connectivity index (χ1v) is 12.1. The largest absolute Gasteiger partial charge is 0.337 e. The van der Waals surface area contributed by atoms with Crippen LogP contribution >= 0.6 is 0 Å². The third-order valence-corrected chi connectivity index (χ3v) is 8.41. The molecule has 6 nitrogen and oxygen atoms in total. The van der Waals surface area contributed by atoms with Crippen LogP contribution in [0.15, 0.2) is 6.33 Å². The van der Waals surface area contributed by atoms with Gasteiger partial charge in [0.05, 0.1) is 12.0 Å². The number of nitrogens with zero attached hydrogens (tertiary/aromatic N) is 4. The molecule has 0 N–H and O–H groups in total. The van der Waals surface area contributed by atoms with Crippen molar-refractivity contribution in [2.45, 2.75) is 83.2 Å². The minimum atomic E-state index is 0.120. The maximum Gasteiger partial charge on any atom is 0.272 e. The molecule has 3 aliphatic heterocycles. The van der Waals surface area contributed by atoms with Crippen molar-refractivity contribution in [3.8, 4) is 0 Å². The van der Waals surface area contributed by atoms with E-state index in [0.717, 1.165) is 49.7 Å². The molecule has 4 aliphatic rings. The summed E-state index contributed by atoms with van der Waals surface area (Å²) in [6.07, 6.45) is 13.6. The highest BCUT2D eigenvalue weighted by Gasteiger charge is 2.50. The first kappa shape index (κ1) is 20.1. The fourth-order valence-electron chi connectivity index (χ4n) is 7.01. The van der Waals surface area contributed by atoms with Gasteiger partial charge in [-0.15, -0.1) is 0 Å². The second-order valence-electron chi connectivity index (χ2n) is 10.3. The number of carbonyl (C=O) groups excluding carboxylic acids is 2. The van der Waals surface area contributed by atoms with Crippen molar-refractivity contribution in [2.75, 3.05) is 13.1 Å². The van der Waals surface area contributed by atoms with Crippen molar-refractivity contribution in [1.29, 1.82) is 0 Å². The zero-order valence-electron chi connectivity index (χ0n) is 18.6. The van der Waals surface area contributed by atoms with E-state index in [4.69, 9.17) is 0 Å². The summed E-state index contributed by atoms with van der Waals surface area (Å²) in [7, 11) is 1.91. The van der Waals surface area contributed by atoms with E-state index in [1.165, 1.54) is 38.5 Å². The molecule has 164 valence electrons. The predicted octanol–water partition coefficient (Wildman–Crippen LogP) is 3.54. The highest BCUT2D eigenvalue weighted by molar-refractivity contribution is 5.93. The first-order chi connectivity index (χ1) is 14.5. The maximum absolute atomic E-state index is 13.4. The van der Waals surface area contributed by atoms with Crippen LogP contribution < -0.4 is 0 Å². The molecule has 6 heteroatoms. The van der Waals surface area contributed by atoms with Crippen molar-refractivity contribution < 1.29 is 9.59 Å². The summed E-state index contributed by atoms with van der Waals surface area (Å²) in [4.78, 5) is 35.2. The molecular formula is C24H36N4O2. The summed E-state index contributed by atoms with van der Waals surface area (Å²) in [5.74, 6) is 2.09. The molecule has 3 saturated heterocycles. The second kappa shape index (κ2) is 8.01. The third-order valence-electron chi connectivity index (χ3n) is 8.41. The zero-order chi connectivity index (χ0) is 20.8. The fraction of sp³-hybridized carbons (Fsp3) is 0.792. The van der Waals surface area contributed by atoms with Crippen LogP contribution in [-0.4, -0.2) is 56.3 Å². The van der Waals surface area contributed by atoms with E-state index < -0.39 is 0 Å². The van der Waals surface area contributed by atoms with Crippen LogP contribution in [0.3, 0.4) is 0 Å². The van der Waals surface area contributed by atoms with Gasteiger partial charge in [0.2, 0.25) is 5.91 Å². The number of aromatic nitrogens is 2.